The molecule has 4 heteroatoms. The predicted octanol–water partition coefficient (Wildman–Crippen LogP) is 9.66. The van der Waals surface area contributed by atoms with Gasteiger partial charge in [0.15, 0.2) is 0 Å². The second kappa shape index (κ2) is 8.68. The van der Waals surface area contributed by atoms with Gasteiger partial charge in [0.05, 0.1) is 16.7 Å². The molecule has 0 N–H and O–H groups in total. The van der Waals surface area contributed by atoms with Gasteiger partial charge in [0.1, 0.15) is 11.5 Å². The first-order valence-corrected chi connectivity index (χ1v) is 12.2. The second-order valence-electron chi connectivity index (χ2n) is 8.12. The smallest absolute Gasteiger partial charge is 0.130 e. The summed E-state index contributed by atoms with van der Waals surface area (Å²) < 4.78 is 9.27. The normalized spacial score (nSPS) is 11.2. The van der Waals surface area contributed by atoms with Crippen LogP contribution in [0.2, 0.25) is 5.02 Å². The fourth-order valence-electron chi connectivity index (χ4n) is 4.52. The van der Waals surface area contributed by atoms with Crippen LogP contribution in [-0.4, -0.2) is 4.57 Å². The lowest BCUT2D eigenvalue weighted by atomic mass is 10.0. The number of ether oxygens (including phenoxy) is 1. The van der Waals surface area contributed by atoms with E-state index >= 15 is 0 Å². The van der Waals surface area contributed by atoms with Crippen molar-refractivity contribution in [3.8, 4) is 28.3 Å². The number of hydrogen-bond donors (Lipinski definition) is 0. The molecule has 2 nitrogen and oxygen atoms in total. The van der Waals surface area contributed by atoms with Crippen LogP contribution in [0.3, 0.4) is 0 Å². The summed E-state index contributed by atoms with van der Waals surface area (Å²) in [6.45, 7) is 0. The Morgan fingerprint density at radius 2 is 1.24 bits per heavy atom. The van der Waals surface area contributed by atoms with E-state index in [1.165, 1.54) is 21.8 Å². The molecule has 34 heavy (non-hydrogen) atoms. The van der Waals surface area contributed by atoms with Crippen LogP contribution < -0.4 is 4.74 Å². The molecule has 0 saturated carbocycles. The molecule has 164 valence electrons. The molecule has 0 bridgehead atoms. The van der Waals surface area contributed by atoms with Gasteiger partial charge in [-0.05, 0) is 54.1 Å². The Bertz CT molecular complexity index is 1580. The van der Waals surface area contributed by atoms with Gasteiger partial charge in [0, 0.05) is 25.8 Å². The van der Waals surface area contributed by atoms with Crippen molar-refractivity contribution in [1.29, 1.82) is 0 Å². The summed E-state index contributed by atoms with van der Waals surface area (Å²) in [5, 5.41) is 3.13. The number of nitrogens with zero attached hydrogens (tertiary/aromatic N) is 1. The number of para-hydroxylation sites is 3. The van der Waals surface area contributed by atoms with Gasteiger partial charge in [-0.2, -0.15) is 0 Å². The Morgan fingerprint density at radius 1 is 0.618 bits per heavy atom. The number of fused-ring (bicyclic) bond motifs is 3. The van der Waals surface area contributed by atoms with Crippen molar-refractivity contribution in [1.82, 2.24) is 4.57 Å². The van der Waals surface area contributed by atoms with Gasteiger partial charge in [-0.1, -0.05) is 94.3 Å². The molecule has 0 unspecified atom stereocenters. The first kappa shape index (κ1) is 21.0. The molecule has 0 aliphatic rings. The summed E-state index contributed by atoms with van der Waals surface area (Å²) in [5.74, 6) is 1.45. The topological polar surface area (TPSA) is 14.2 Å². The second-order valence-corrected chi connectivity index (χ2v) is 9.47. The average molecular weight is 525 g/mol. The van der Waals surface area contributed by atoms with Gasteiger partial charge >= 0.3 is 0 Å². The molecule has 1 heterocycles. The predicted molar refractivity (Wildman–Crippen MR) is 145 cm³/mol. The van der Waals surface area contributed by atoms with E-state index in [4.69, 9.17) is 16.3 Å². The molecule has 0 amide bonds. The molecular weight excluding hydrogens is 506 g/mol. The van der Waals surface area contributed by atoms with Crippen molar-refractivity contribution < 1.29 is 4.74 Å². The van der Waals surface area contributed by atoms with Crippen LogP contribution in [0.25, 0.3) is 38.6 Å². The van der Waals surface area contributed by atoms with Gasteiger partial charge < -0.3 is 9.30 Å². The van der Waals surface area contributed by atoms with Crippen LogP contribution in [0.1, 0.15) is 0 Å². The maximum atomic E-state index is 6.16. The lowest BCUT2D eigenvalue weighted by Gasteiger charge is -2.14. The average Bonchev–Trinajstić information content (AvgIpc) is 3.18. The third-order valence-electron chi connectivity index (χ3n) is 5.96. The van der Waals surface area contributed by atoms with E-state index < -0.39 is 0 Å². The van der Waals surface area contributed by atoms with E-state index in [0.29, 0.717) is 10.8 Å². The highest BCUT2D eigenvalue weighted by molar-refractivity contribution is 9.10. The summed E-state index contributed by atoms with van der Waals surface area (Å²) in [5.41, 5.74) is 5.82. The molecule has 0 aliphatic carbocycles. The van der Waals surface area contributed by atoms with Crippen LogP contribution in [0.4, 0.5) is 0 Å². The summed E-state index contributed by atoms with van der Waals surface area (Å²) in [4.78, 5) is 0. The minimum absolute atomic E-state index is 0.626. The van der Waals surface area contributed by atoms with Crippen LogP contribution in [0.5, 0.6) is 11.5 Å². The van der Waals surface area contributed by atoms with Crippen molar-refractivity contribution in [3.05, 3.63) is 125 Å². The number of hydrogen-bond acceptors (Lipinski definition) is 1. The van der Waals surface area contributed by atoms with Crippen molar-refractivity contribution in [3.63, 3.8) is 0 Å². The van der Waals surface area contributed by atoms with Gasteiger partial charge in [0.2, 0.25) is 0 Å². The van der Waals surface area contributed by atoms with Gasteiger partial charge in [0.25, 0.3) is 0 Å². The highest BCUT2D eigenvalue weighted by atomic mass is 79.9. The van der Waals surface area contributed by atoms with E-state index in [0.717, 1.165) is 27.0 Å². The molecule has 6 rings (SSSR count). The van der Waals surface area contributed by atoms with Crippen LogP contribution in [0, 0.1) is 0 Å². The first-order valence-electron chi connectivity index (χ1n) is 11.0. The van der Waals surface area contributed by atoms with E-state index in [1.807, 2.05) is 24.3 Å². The zero-order valence-corrected chi connectivity index (χ0v) is 20.4. The summed E-state index contributed by atoms with van der Waals surface area (Å²) in [6, 6.07) is 39.4. The van der Waals surface area contributed by atoms with Crippen LogP contribution >= 0.6 is 27.5 Å². The number of aromatic nitrogens is 1. The molecular formula is C30H19BrClNO. The van der Waals surface area contributed by atoms with Crippen molar-refractivity contribution >= 4 is 49.3 Å². The molecule has 6 aromatic rings. The van der Waals surface area contributed by atoms with E-state index in [1.54, 1.807) is 6.07 Å². The van der Waals surface area contributed by atoms with Gasteiger partial charge in [-0.25, -0.2) is 0 Å². The lowest BCUT2D eigenvalue weighted by Crippen LogP contribution is -1.97. The zero-order valence-electron chi connectivity index (χ0n) is 18.1. The third-order valence-corrected chi connectivity index (χ3v) is 6.64. The monoisotopic (exact) mass is 523 g/mol. The Labute approximate surface area is 211 Å². The van der Waals surface area contributed by atoms with Crippen LogP contribution in [0.15, 0.2) is 120 Å². The molecule has 0 spiro atoms. The molecule has 0 atom stereocenters. The third kappa shape index (κ3) is 3.77. The largest absolute Gasteiger partial charge is 0.457 e. The van der Waals surface area contributed by atoms with Crippen LogP contribution in [-0.2, 0) is 0 Å². The zero-order chi connectivity index (χ0) is 23.1. The van der Waals surface area contributed by atoms with E-state index in [-0.39, 0.29) is 0 Å². The minimum atomic E-state index is 0.626. The summed E-state index contributed by atoms with van der Waals surface area (Å²) >= 11 is 9.62. The summed E-state index contributed by atoms with van der Waals surface area (Å²) in [6.07, 6.45) is 0. The first-order chi connectivity index (χ1) is 16.7. The molecule has 0 aliphatic heterocycles. The minimum Gasteiger partial charge on any atom is -0.457 e. The van der Waals surface area contributed by atoms with Gasteiger partial charge in [-0.15, -0.1) is 0 Å². The Hall–Kier alpha value is -3.53. The highest BCUT2D eigenvalue weighted by Crippen LogP contribution is 2.37. The summed E-state index contributed by atoms with van der Waals surface area (Å²) in [7, 11) is 0. The molecule has 0 radical (unpaired) electrons. The SMILES string of the molecule is Clc1cc(Br)cc(Oc2ccc(-c3ccccc3-n3c4ccccc4c4ccccc43)cc2)c1. The highest BCUT2D eigenvalue weighted by Gasteiger charge is 2.14. The maximum Gasteiger partial charge on any atom is 0.130 e. The van der Waals surface area contributed by atoms with Crippen molar-refractivity contribution in [2.24, 2.45) is 0 Å². The molecule has 5 aromatic carbocycles. The van der Waals surface area contributed by atoms with Gasteiger partial charge in [-0.3, -0.25) is 0 Å². The quantitative estimate of drug-likeness (QED) is 0.224. The fourth-order valence-corrected chi connectivity index (χ4v) is 5.35. The Morgan fingerprint density at radius 3 is 1.91 bits per heavy atom. The number of rotatable bonds is 4. The number of halogens is 2. The van der Waals surface area contributed by atoms with Crippen molar-refractivity contribution in [2.75, 3.05) is 0 Å². The molecule has 0 saturated heterocycles. The molecule has 1 aromatic heterocycles. The number of benzene rings is 5. The van der Waals surface area contributed by atoms with Crippen molar-refractivity contribution in [2.45, 2.75) is 0 Å². The van der Waals surface area contributed by atoms with E-state index in [2.05, 4.69) is 105 Å². The maximum absolute atomic E-state index is 6.16. The Kier molecular flexibility index (Phi) is 5.37. The van der Waals surface area contributed by atoms with E-state index in [9.17, 15) is 0 Å². The standard InChI is InChI=1S/C30H19BrClNO/c31-21-17-22(32)19-24(18-21)34-23-15-13-20(14-16-23)25-7-1-4-10-28(25)33-29-11-5-2-8-26(29)27-9-3-6-12-30(27)33/h1-19H. The molecule has 0 fully saturated rings. The fraction of sp³-hybridized carbons (Fsp3) is 0. The Balaban J connectivity index is 1.44. The lowest BCUT2D eigenvalue weighted by molar-refractivity contribution is 0.482.